The fourth-order valence-electron chi connectivity index (χ4n) is 2.29. The van der Waals surface area contributed by atoms with Gasteiger partial charge in [-0.15, -0.1) is 0 Å². The van der Waals surface area contributed by atoms with Crippen molar-refractivity contribution in [3.05, 3.63) is 29.3 Å². The molecule has 1 N–H and O–H groups in total. The predicted molar refractivity (Wildman–Crippen MR) is 71.7 cm³/mol. The predicted octanol–water partition coefficient (Wildman–Crippen LogP) is 3.52. The smallest absolute Gasteiger partial charge is 0.122 e. The number of methoxy groups -OCH3 is 1. The summed E-state index contributed by atoms with van der Waals surface area (Å²) in [5, 5.41) is 9.51. The van der Waals surface area contributed by atoms with Crippen molar-refractivity contribution in [3.8, 4) is 5.75 Å². The molecule has 0 aliphatic heterocycles. The summed E-state index contributed by atoms with van der Waals surface area (Å²) in [5.41, 5.74) is 2.46. The zero-order valence-corrected chi connectivity index (χ0v) is 11.4. The van der Waals surface area contributed by atoms with Crippen LogP contribution in [0.4, 0.5) is 0 Å². The highest BCUT2D eigenvalue weighted by atomic mass is 16.5. The maximum Gasteiger partial charge on any atom is 0.122 e. The maximum atomic E-state index is 9.51. The van der Waals surface area contributed by atoms with Gasteiger partial charge in [-0.2, -0.15) is 0 Å². The minimum Gasteiger partial charge on any atom is -0.496 e. The second-order valence-corrected chi connectivity index (χ2v) is 4.64. The molecule has 96 valence electrons. The van der Waals surface area contributed by atoms with E-state index in [1.165, 1.54) is 5.56 Å². The van der Waals surface area contributed by atoms with E-state index in [-0.39, 0.29) is 6.10 Å². The highest BCUT2D eigenvalue weighted by Gasteiger charge is 2.12. The lowest BCUT2D eigenvalue weighted by Gasteiger charge is -2.17. The Morgan fingerprint density at radius 1 is 1.24 bits per heavy atom. The van der Waals surface area contributed by atoms with Crippen LogP contribution in [-0.2, 0) is 6.42 Å². The Morgan fingerprint density at radius 3 is 2.35 bits per heavy atom. The Hall–Kier alpha value is -1.02. The lowest BCUT2D eigenvalue weighted by molar-refractivity contribution is 0.194. The summed E-state index contributed by atoms with van der Waals surface area (Å²) in [6.07, 6.45) is 2.62. The Bertz CT molecular complexity index is 341. The minimum atomic E-state index is -0.333. The van der Waals surface area contributed by atoms with Crippen molar-refractivity contribution in [1.29, 1.82) is 0 Å². The first kappa shape index (κ1) is 14.0. The maximum absolute atomic E-state index is 9.51. The highest BCUT2D eigenvalue weighted by Crippen LogP contribution is 2.28. The van der Waals surface area contributed by atoms with Crippen LogP contribution in [0, 0.1) is 0 Å². The topological polar surface area (TPSA) is 29.5 Å². The van der Waals surface area contributed by atoms with E-state index in [4.69, 9.17) is 4.74 Å². The van der Waals surface area contributed by atoms with Gasteiger partial charge in [0.05, 0.1) is 13.2 Å². The van der Waals surface area contributed by atoms with Crippen molar-refractivity contribution in [1.82, 2.24) is 0 Å². The van der Waals surface area contributed by atoms with Crippen LogP contribution in [0.3, 0.4) is 0 Å². The summed E-state index contributed by atoms with van der Waals surface area (Å²) in [6.45, 7) is 6.24. The molecule has 1 unspecified atom stereocenters. The number of aliphatic hydroxyl groups excluding tert-OH is 1. The lowest BCUT2D eigenvalue weighted by Crippen LogP contribution is -2.07. The molecule has 0 aromatic heterocycles. The largest absolute Gasteiger partial charge is 0.496 e. The zero-order chi connectivity index (χ0) is 12.8. The monoisotopic (exact) mass is 236 g/mol. The van der Waals surface area contributed by atoms with E-state index in [0.717, 1.165) is 24.2 Å². The van der Waals surface area contributed by atoms with Gasteiger partial charge in [-0.3, -0.25) is 0 Å². The molecule has 0 aliphatic carbocycles. The van der Waals surface area contributed by atoms with E-state index >= 15 is 0 Å². The summed E-state index contributed by atoms with van der Waals surface area (Å²) >= 11 is 0. The molecule has 0 saturated carbocycles. The number of rotatable bonds is 6. The molecule has 0 amide bonds. The third kappa shape index (κ3) is 3.74. The van der Waals surface area contributed by atoms with Gasteiger partial charge in [0.2, 0.25) is 0 Å². The standard InChI is InChI=1S/C15H24O2/c1-5-12(6-2)13-7-8-15(17-4)14(10-13)9-11(3)16/h7-8,10-12,16H,5-6,9H2,1-4H3. The van der Waals surface area contributed by atoms with Crippen LogP contribution >= 0.6 is 0 Å². The van der Waals surface area contributed by atoms with Crippen LogP contribution in [-0.4, -0.2) is 18.3 Å². The summed E-state index contributed by atoms with van der Waals surface area (Å²) in [7, 11) is 1.68. The quantitative estimate of drug-likeness (QED) is 0.819. The van der Waals surface area contributed by atoms with Gasteiger partial charge in [0, 0.05) is 6.42 Å². The minimum absolute atomic E-state index is 0.333. The molecule has 0 bridgehead atoms. The van der Waals surface area contributed by atoms with E-state index in [2.05, 4.69) is 26.0 Å². The van der Waals surface area contributed by atoms with Gasteiger partial charge in [-0.05, 0) is 42.9 Å². The molecule has 1 aromatic rings. The van der Waals surface area contributed by atoms with Crippen LogP contribution < -0.4 is 4.74 Å². The van der Waals surface area contributed by atoms with Gasteiger partial charge in [0.15, 0.2) is 0 Å². The van der Waals surface area contributed by atoms with Gasteiger partial charge in [-0.25, -0.2) is 0 Å². The van der Waals surface area contributed by atoms with E-state index in [0.29, 0.717) is 12.3 Å². The molecule has 17 heavy (non-hydrogen) atoms. The van der Waals surface area contributed by atoms with Crippen LogP contribution in [0.1, 0.15) is 50.7 Å². The summed E-state index contributed by atoms with van der Waals surface area (Å²) < 4.78 is 5.34. The first-order valence-corrected chi connectivity index (χ1v) is 6.47. The van der Waals surface area contributed by atoms with Crippen molar-refractivity contribution in [2.75, 3.05) is 7.11 Å². The molecule has 0 aliphatic rings. The molecule has 1 atom stereocenters. The second-order valence-electron chi connectivity index (χ2n) is 4.64. The normalized spacial score (nSPS) is 12.8. The van der Waals surface area contributed by atoms with Crippen LogP contribution in [0.2, 0.25) is 0 Å². The van der Waals surface area contributed by atoms with E-state index < -0.39 is 0 Å². The SMILES string of the molecule is CCC(CC)c1ccc(OC)c(CC(C)O)c1. The Morgan fingerprint density at radius 2 is 1.88 bits per heavy atom. The van der Waals surface area contributed by atoms with Crippen molar-refractivity contribution >= 4 is 0 Å². The van der Waals surface area contributed by atoms with E-state index in [1.807, 2.05) is 13.0 Å². The van der Waals surface area contributed by atoms with Gasteiger partial charge >= 0.3 is 0 Å². The molecule has 0 saturated heterocycles. The first-order chi connectivity index (χ1) is 8.12. The van der Waals surface area contributed by atoms with E-state index in [1.54, 1.807) is 7.11 Å². The molecule has 0 radical (unpaired) electrons. The average Bonchev–Trinajstić information content (AvgIpc) is 2.30. The van der Waals surface area contributed by atoms with Crippen molar-refractivity contribution < 1.29 is 9.84 Å². The number of hydrogen-bond donors (Lipinski definition) is 1. The van der Waals surface area contributed by atoms with Crippen molar-refractivity contribution in [2.45, 2.75) is 52.1 Å². The van der Waals surface area contributed by atoms with Crippen LogP contribution in [0.15, 0.2) is 18.2 Å². The summed E-state index contributed by atoms with van der Waals surface area (Å²) in [5.74, 6) is 1.48. The Kier molecular flexibility index (Phi) is 5.49. The number of aliphatic hydroxyl groups is 1. The summed E-state index contributed by atoms with van der Waals surface area (Å²) in [4.78, 5) is 0. The van der Waals surface area contributed by atoms with Crippen molar-refractivity contribution in [2.24, 2.45) is 0 Å². The molecular weight excluding hydrogens is 212 g/mol. The molecule has 1 rings (SSSR count). The summed E-state index contributed by atoms with van der Waals surface area (Å²) in [6, 6.07) is 6.34. The number of benzene rings is 1. The molecule has 0 spiro atoms. The van der Waals surface area contributed by atoms with Gasteiger partial charge in [0.25, 0.3) is 0 Å². The Balaban J connectivity index is 3.03. The zero-order valence-electron chi connectivity index (χ0n) is 11.4. The fourth-order valence-corrected chi connectivity index (χ4v) is 2.29. The molecule has 1 aromatic carbocycles. The van der Waals surface area contributed by atoms with Gasteiger partial charge < -0.3 is 9.84 Å². The Labute approximate surface area is 105 Å². The third-order valence-electron chi connectivity index (χ3n) is 3.28. The van der Waals surface area contributed by atoms with Crippen LogP contribution in [0.5, 0.6) is 5.75 Å². The fraction of sp³-hybridized carbons (Fsp3) is 0.600. The van der Waals surface area contributed by atoms with Gasteiger partial charge in [-0.1, -0.05) is 26.0 Å². The third-order valence-corrected chi connectivity index (χ3v) is 3.28. The molecule has 2 heteroatoms. The first-order valence-electron chi connectivity index (χ1n) is 6.47. The van der Waals surface area contributed by atoms with Gasteiger partial charge in [0.1, 0.15) is 5.75 Å². The highest BCUT2D eigenvalue weighted by molar-refractivity contribution is 5.39. The lowest BCUT2D eigenvalue weighted by atomic mass is 9.91. The van der Waals surface area contributed by atoms with Crippen LogP contribution in [0.25, 0.3) is 0 Å². The average molecular weight is 236 g/mol. The molecule has 2 nitrogen and oxygen atoms in total. The second kappa shape index (κ2) is 6.65. The molecule has 0 fully saturated rings. The van der Waals surface area contributed by atoms with Crippen molar-refractivity contribution in [3.63, 3.8) is 0 Å². The molecular formula is C15H24O2. The molecule has 0 heterocycles. The van der Waals surface area contributed by atoms with E-state index in [9.17, 15) is 5.11 Å². The number of ether oxygens (including phenoxy) is 1. The number of hydrogen-bond acceptors (Lipinski definition) is 2.